The minimum absolute atomic E-state index is 0.125. The molecular weight excluding hydrogens is 390 g/mol. The average molecular weight is 424 g/mol. The maximum Gasteiger partial charge on any atom is 0.255 e. The summed E-state index contributed by atoms with van der Waals surface area (Å²) in [5, 5.41) is 5.92. The van der Waals surface area contributed by atoms with Gasteiger partial charge in [-0.25, -0.2) is 0 Å². The molecule has 0 bridgehead atoms. The number of nitrogens with one attached hydrogen (secondary N) is 2. The fourth-order valence-electron chi connectivity index (χ4n) is 3.81. The molecule has 2 aromatic rings. The minimum Gasteiger partial charge on any atom is -0.385 e. The normalized spacial score (nSPS) is 13.7. The third-order valence-electron chi connectivity index (χ3n) is 5.63. The van der Waals surface area contributed by atoms with E-state index in [0.717, 1.165) is 44.5 Å². The topological polar surface area (TPSA) is 70.7 Å². The van der Waals surface area contributed by atoms with Crippen LogP contribution in [0.5, 0.6) is 0 Å². The minimum atomic E-state index is -0.181. The smallest absolute Gasteiger partial charge is 0.255 e. The molecule has 0 radical (unpaired) electrons. The van der Waals surface area contributed by atoms with Gasteiger partial charge in [-0.1, -0.05) is 19.1 Å². The summed E-state index contributed by atoms with van der Waals surface area (Å²) in [7, 11) is 1.65. The van der Waals surface area contributed by atoms with Crippen molar-refractivity contribution in [3.63, 3.8) is 0 Å². The Morgan fingerprint density at radius 2 is 1.74 bits per heavy atom. The summed E-state index contributed by atoms with van der Waals surface area (Å²) < 4.78 is 5.06. The lowest BCUT2D eigenvalue weighted by molar-refractivity contribution is 0.0947. The zero-order valence-electron chi connectivity index (χ0n) is 18.6. The number of ether oxygens (including phenoxy) is 1. The molecule has 1 saturated heterocycles. The van der Waals surface area contributed by atoms with Gasteiger partial charge in [0.15, 0.2) is 0 Å². The van der Waals surface area contributed by atoms with Crippen LogP contribution in [0.2, 0.25) is 0 Å². The first kappa shape index (κ1) is 22.8. The van der Waals surface area contributed by atoms with Crippen molar-refractivity contribution in [1.82, 2.24) is 5.32 Å². The summed E-state index contributed by atoms with van der Waals surface area (Å²) in [6, 6.07) is 13.2. The second-order valence-corrected chi connectivity index (χ2v) is 7.89. The number of aryl methyl sites for hydroxylation is 1. The predicted molar refractivity (Wildman–Crippen MR) is 125 cm³/mol. The number of piperidine rings is 1. The van der Waals surface area contributed by atoms with Crippen LogP contribution >= 0.6 is 0 Å². The van der Waals surface area contributed by atoms with Crippen molar-refractivity contribution in [1.29, 1.82) is 0 Å². The van der Waals surface area contributed by atoms with Crippen LogP contribution in [0, 0.1) is 0 Å². The highest BCUT2D eigenvalue weighted by Gasteiger charge is 2.20. The lowest BCUT2D eigenvalue weighted by Crippen LogP contribution is -2.33. The lowest BCUT2D eigenvalue weighted by atomic mass is 10.1. The number of nitrogens with zero attached hydrogens (tertiary/aromatic N) is 1. The summed E-state index contributed by atoms with van der Waals surface area (Å²) in [6.07, 6.45) is 5.16. The first-order chi connectivity index (χ1) is 15.1. The standard InChI is InChI=1S/C25H33N3O3/c1-3-19-8-10-20(11-9-19)24(29)27-21-12-13-23(28-15-5-4-6-16-28)22(18-21)25(30)26-14-7-17-31-2/h8-13,18H,3-7,14-17H2,1-2H3,(H,26,30)(H,27,29). The van der Waals surface area contributed by atoms with Crippen molar-refractivity contribution >= 4 is 23.2 Å². The van der Waals surface area contributed by atoms with E-state index in [1.54, 1.807) is 13.2 Å². The van der Waals surface area contributed by atoms with E-state index < -0.39 is 0 Å². The number of hydrogen-bond donors (Lipinski definition) is 2. The van der Waals surface area contributed by atoms with Gasteiger partial charge in [-0.3, -0.25) is 9.59 Å². The summed E-state index contributed by atoms with van der Waals surface area (Å²) in [6.45, 7) is 5.12. The molecule has 0 spiro atoms. The number of methoxy groups -OCH3 is 1. The molecule has 1 fully saturated rings. The number of rotatable bonds is 9. The maximum atomic E-state index is 13.0. The largest absolute Gasteiger partial charge is 0.385 e. The van der Waals surface area contributed by atoms with E-state index in [1.807, 2.05) is 36.4 Å². The molecule has 166 valence electrons. The highest BCUT2D eigenvalue weighted by atomic mass is 16.5. The van der Waals surface area contributed by atoms with E-state index in [4.69, 9.17) is 4.74 Å². The summed E-state index contributed by atoms with van der Waals surface area (Å²) >= 11 is 0. The van der Waals surface area contributed by atoms with Crippen LogP contribution in [0.15, 0.2) is 42.5 Å². The van der Waals surface area contributed by atoms with Gasteiger partial charge in [0.1, 0.15) is 0 Å². The third-order valence-corrected chi connectivity index (χ3v) is 5.63. The number of carbonyl (C=O) groups is 2. The van der Waals surface area contributed by atoms with Gasteiger partial charge in [0.25, 0.3) is 11.8 Å². The van der Waals surface area contributed by atoms with Crippen molar-refractivity contribution in [2.75, 3.05) is 43.6 Å². The van der Waals surface area contributed by atoms with E-state index in [1.165, 1.54) is 12.0 Å². The number of hydrogen-bond acceptors (Lipinski definition) is 4. The molecule has 6 heteroatoms. The highest BCUT2D eigenvalue weighted by Crippen LogP contribution is 2.27. The van der Waals surface area contributed by atoms with Gasteiger partial charge < -0.3 is 20.3 Å². The van der Waals surface area contributed by atoms with Crippen molar-refractivity contribution in [3.8, 4) is 0 Å². The van der Waals surface area contributed by atoms with E-state index in [2.05, 4.69) is 22.5 Å². The second kappa shape index (κ2) is 11.5. The molecule has 0 saturated carbocycles. The van der Waals surface area contributed by atoms with Crippen molar-refractivity contribution in [3.05, 3.63) is 59.2 Å². The van der Waals surface area contributed by atoms with Gasteiger partial charge in [0.05, 0.1) is 5.56 Å². The van der Waals surface area contributed by atoms with Gasteiger partial charge in [-0.2, -0.15) is 0 Å². The predicted octanol–water partition coefficient (Wildman–Crippen LogP) is 4.26. The Balaban J connectivity index is 1.78. The molecule has 2 amide bonds. The molecule has 0 unspecified atom stereocenters. The van der Waals surface area contributed by atoms with Gasteiger partial charge >= 0.3 is 0 Å². The van der Waals surface area contributed by atoms with Crippen LogP contribution in [0.4, 0.5) is 11.4 Å². The monoisotopic (exact) mass is 423 g/mol. The molecular formula is C25H33N3O3. The highest BCUT2D eigenvalue weighted by molar-refractivity contribution is 6.06. The lowest BCUT2D eigenvalue weighted by Gasteiger charge is -2.30. The molecule has 1 heterocycles. The van der Waals surface area contributed by atoms with E-state index in [9.17, 15) is 9.59 Å². The molecule has 1 aliphatic heterocycles. The molecule has 0 aliphatic carbocycles. The SMILES string of the molecule is CCc1ccc(C(=O)Nc2ccc(N3CCCCC3)c(C(=O)NCCCOC)c2)cc1. The van der Waals surface area contributed by atoms with Gasteiger partial charge in [0, 0.05) is 50.3 Å². The van der Waals surface area contributed by atoms with E-state index >= 15 is 0 Å². The van der Waals surface area contributed by atoms with Crippen LogP contribution in [0.25, 0.3) is 0 Å². The number of benzene rings is 2. The molecule has 0 atom stereocenters. The van der Waals surface area contributed by atoms with Crippen molar-refractivity contribution in [2.24, 2.45) is 0 Å². The molecule has 2 N–H and O–H groups in total. The van der Waals surface area contributed by atoms with Crippen molar-refractivity contribution < 1.29 is 14.3 Å². The Labute approximate surface area is 185 Å². The summed E-state index contributed by atoms with van der Waals surface area (Å²) in [5.41, 5.74) is 3.93. The van der Waals surface area contributed by atoms with Crippen molar-refractivity contribution in [2.45, 2.75) is 39.0 Å². The summed E-state index contributed by atoms with van der Waals surface area (Å²) in [5.74, 6) is -0.306. The zero-order chi connectivity index (χ0) is 22.1. The van der Waals surface area contributed by atoms with Gasteiger partial charge in [0.2, 0.25) is 0 Å². The first-order valence-corrected chi connectivity index (χ1v) is 11.2. The maximum absolute atomic E-state index is 13.0. The quantitative estimate of drug-likeness (QED) is 0.592. The zero-order valence-corrected chi connectivity index (χ0v) is 18.6. The number of anilines is 2. The van der Waals surface area contributed by atoms with Crippen LogP contribution < -0.4 is 15.5 Å². The molecule has 6 nitrogen and oxygen atoms in total. The number of amides is 2. The Morgan fingerprint density at radius 1 is 1.00 bits per heavy atom. The summed E-state index contributed by atoms with van der Waals surface area (Å²) in [4.78, 5) is 27.9. The van der Waals surface area contributed by atoms with Gasteiger partial charge in [-0.05, 0) is 68.0 Å². The Morgan fingerprint density at radius 3 is 2.42 bits per heavy atom. The van der Waals surface area contributed by atoms with Crippen LogP contribution in [0.3, 0.4) is 0 Å². The van der Waals surface area contributed by atoms with E-state index in [0.29, 0.717) is 30.0 Å². The number of carbonyl (C=O) groups excluding carboxylic acids is 2. The van der Waals surface area contributed by atoms with Crippen LogP contribution in [-0.2, 0) is 11.2 Å². The van der Waals surface area contributed by atoms with Crippen LogP contribution in [-0.4, -0.2) is 45.2 Å². The Kier molecular flexibility index (Phi) is 8.47. The fourth-order valence-corrected chi connectivity index (χ4v) is 3.81. The van der Waals surface area contributed by atoms with Crippen LogP contribution in [0.1, 0.15) is 58.9 Å². The Hall–Kier alpha value is -2.86. The third kappa shape index (κ3) is 6.31. The Bertz CT molecular complexity index is 874. The molecule has 31 heavy (non-hydrogen) atoms. The molecule has 0 aromatic heterocycles. The van der Waals surface area contributed by atoms with Gasteiger partial charge in [-0.15, -0.1) is 0 Å². The first-order valence-electron chi connectivity index (χ1n) is 11.2. The molecule has 1 aliphatic rings. The molecule has 2 aromatic carbocycles. The molecule has 3 rings (SSSR count). The van der Waals surface area contributed by atoms with E-state index in [-0.39, 0.29) is 11.8 Å². The average Bonchev–Trinajstić information content (AvgIpc) is 2.82. The fraction of sp³-hybridized carbons (Fsp3) is 0.440. The second-order valence-electron chi connectivity index (χ2n) is 7.89.